The zero-order valence-corrected chi connectivity index (χ0v) is 19.0. The molecule has 0 amide bonds. The van der Waals surface area contributed by atoms with Crippen molar-refractivity contribution in [2.24, 2.45) is 0 Å². The Bertz CT molecular complexity index is 920. The highest BCUT2D eigenvalue weighted by molar-refractivity contribution is 9.10. The molecule has 0 aliphatic rings. The zero-order chi connectivity index (χ0) is 21.4. The number of halogens is 3. The molecule has 1 aromatic heterocycles. The predicted octanol–water partition coefficient (Wildman–Crippen LogP) is 4.18. The average molecular weight is 495 g/mol. The van der Waals surface area contributed by atoms with Gasteiger partial charge >= 0.3 is 5.25 Å². The first-order valence-electron chi connectivity index (χ1n) is 8.23. The molecule has 0 aliphatic carbocycles. The zero-order valence-electron chi connectivity index (χ0n) is 15.7. The van der Waals surface area contributed by atoms with Crippen molar-refractivity contribution in [3.63, 3.8) is 0 Å². The molecule has 0 saturated heterocycles. The maximum atomic E-state index is 15.6. The van der Waals surface area contributed by atoms with Crippen LogP contribution in [0.5, 0.6) is 0 Å². The molecule has 2 rings (SSSR count). The average Bonchev–Trinajstić information content (AvgIpc) is 2.61. The summed E-state index contributed by atoms with van der Waals surface area (Å²) in [5.74, 6) is 0. The maximum absolute atomic E-state index is 15.6. The molecule has 0 fully saturated rings. The lowest BCUT2D eigenvalue weighted by Gasteiger charge is -2.38. The molecule has 154 valence electrons. The number of aromatic nitrogens is 1. The summed E-state index contributed by atoms with van der Waals surface area (Å²) in [4.78, 5) is 3.44. The van der Waals surface area contributed by atoms with Gasteiger partial charge < -0.3 is 4.55 Å². The van der Waals surface area contributed by atoms with Crippen LogP contribution in [-0.2, 0) is 26.7 Å². The van der Waals surface area contributed by atoms with Crippen molar-refractivity contribution >= 4 is 37.1 Å². The Kier molecular flexibility index (Phi) is 6.62. The minimum atomic E-state index is -5.13. The van der Waals surface area contributed by atoms with Crippen LogP contribution in [0.2, 0.25) is 0 Å². The fourth-order valence-electron chi connectivity index (χ4n) is 2.29. The number of rotatable bonds is 6. The summed E-state index contributed by atoms with van der Waals surface area (Å²) in [7, 11) is -5.13. The van der Waals surface area contributed by atoms with Crippen LogP contribution in [0.25, 0.3) is 0 Å². The lowest BCUT2D eigenvalue weighted by Crippen LogP contribution is -2.61. The van der Waals surface area contributed by atoms with Crippen molar-refractivity contribution in [2.75, 3.05) is 0 Å². The Labute approximate surface area is 175 Å². The third kappa shape index (κ3) is 4.25. The van der Waals surface area contributed by atoms with E-state index in [0.29, 0.717) is 4.47 Å². The van der Waals surface area contributed by atoms with Crippen molar-refractivity contribution in [3.8, 4) is 0 Å². The number of hydrogen-bond donors (Lipinski definition) is 1. The van der Waals surface area contributed by atoms with Gasteiger partial charge in [-0.1, -0.05) is 18.2 Å². The van der Waals surface area contributed by atoms with Crippen LogP contribution >= 0.6 is 15.9 Å². The number of hydrogen-bond acceptors (Lipinski definition) is 5. The van der Waals surface area contributed by atoms with Gasteiger partial charge in [0, 0.05) is 22.0 Å². The molecule has 2 atom stereocenters. The van der Waals surface area contributed by atoms with Gasteiger partial charge in [-0.3, -0.25) is 4.98 Å². The van der Waals surface area contributed by atoms with E-state index < -0.39 is 41.6 Å². The topological polar surface area (TPSA) is 82.1 Å². The molecule has 0 radical (unpaired) electrons. The quantitative estimate of drug-likeness (QED) is 0.609. The number of alkyl halides is 2. The van der Waals surface area contributed by atoms with Gasteiger partial charge in [0.1, 0.15) is 4.75 Å². The van der Waals surface area contributed by atoms with E-state index in [1.807, 2.05) is 0 Å². The molecular formula is C18H21BrF2N2O3S2. The molecule has 28 heavy (non-hydrogen) atoms. The highest BCUT2D eigenvalue weighted by atomic mass is 79.9. The van der Waals surface area contributed by atoms with E-state index in [1.54, 1.807) is 20.8 Å². The lowest BCUT2D eigenvalue weighted by atomic mass is 9.99. The van der Waals surface area contributed by atoms with Gasteiger partial charge in [0.2, 0.25) is 9.84 Å². The third-order valence-corrected chi connectivity index (χ3v) is 8.22. The summed E-state index contributed by atoms with van der Waals surface area (Å²) in [5, 5.41) is -4.36. The molecule has 0 aliphatic heterocycles. The smallest absolute Gasteiger partial charge is 0.377 e. The van der Waals surface area contributed by atoms with E-state index in [0.717, 1.165) is 19.1 Å². The Morgan fingerprint density at radius 1 is 1.07 bits per heavy atom. The van der Waals surface area contributed by atoms with E-state index in [9.17, 15) is 13.0 Å². The Morgan fingerprint density at radius 2 is 1.64 bits per heavy atom. The van der Waals surface area contributed by atoms with Crippen molar-refractivity contribution in [1.29, 1.82) is 0 Å². The molecule has 10 heteroatoms. The van der Waals surface area contributed by atoms with Crippen molar-refractivity contribution in [1.82, 2.24) is 9.71 Å². The summed E-state index contributed by atoms with van der Waals surface area (Å²) in [6.45, 7) is 5.77. The SMILES string of the molecule is CC(C)(C)[S@+]([O-])N[C@@](C)(c1ccc(Br)cn1)C(F)(F)S(=O)(=O)c1ccccc1. The summed E-state index contributed by atoms with van der Waals surface area (Å²) in [6, 6.07) is 9.18. The largest absolute Gasteiger partial charge is 0.598 e. The molecule has 2 aromatic rings. The van der Waals surface area contributed by atoms with Gasteiger partial charge in [0.05, 0.1) is 10.6 Å². The number of benzene rings is 1. The fourth-order valence-corrected chi connectivity index (χ4v) is 5.00. The van der Waals surface area contributed by atoms with E-state index in [1.165, 1.54) is 36.5 Å². The summed E-state index contributed by atoms with van der Waals surface area (Å²) in [6.07, 6.45) is 1.28. The van der Waals surface area contributed by atoms with E-state index in [4.69, 9.17) is 0 Å². The summed E-state index contributed by atoms with van der Waals surface area (Å²) < 4.78 is 71.6. The Morgan fingerprint density at radius 3 is 2.11 bits per heavy atom. The van der Waals surface area contributed by atoms with Crippen LogP contribution in [0.3, 0.4) is 0 Å². The highest BCUT2D eigenvalue weighted by Gasteiger charge is 2.65. The number of nitrogens with one attached hydrogen (secondary N) is 1. The van der Waals surface area contributed by atoms with Crippen LogP contribution in [0.1, 0.15) is 33.4 Å². The standard InChI is InChI=1S/C18H21BrF2N2O3S2/c1-16(2,3)27(24)23-17(4,15-11-10-13(19)12-22-15)18(20,21)28(25,26)14-8-6-5-7-9-14/h5-12,23H,1-4H3/t17-,27-/m0/s1. The van der Waals surface area contributed by atoms with Crippen molar-refractivity contribution < 1.29 is 21.8 Å². The van der Waals surface area contributed by atoms with Crippen LogP contribution in [0.4, 0.5) is 8.78 Å². The second-order valence-electron chi connectivity index (χ2n) is 7.30. The van der Waals surface area contributed by atoms with Gasteiger partial charge in [0.15, 0.2) is 5.54 Å². The minimum Gasteiger partial charge on any atom is -0.598 e. The Balaban J connectivity index is 2.68. The fraction of sp³-hybridized carbons (Fsp3) is 0.389. The first kappa shape index (κ1) is 23.2. The van der Waals surface area contributed by atoms with Crippen molar-refractivity contribution in [2.45, 2.75) is 48.1 Å². The van der Waals surface area contributed by atoms with Crippen molar-refractivity contribution in [3.05, 3.63) is 58.8 Å². The molecule has 0 unspecified atom stereocenters. The van der Waals surface area contributed by atoms with Crippen LogP contribution in [0, 0.1) is 0 Å². The van der Waals surface area contributed by atoms with Gasteiger partial charge in [-0.05, 0) is 67.9 Å². The van der Waals surface area contributed by atoms with E-state index in [-0.39, 0.29) is 5.69 Å². The van der Waals surface area contributed by atoms with Gasteiger partial charge in [-0.2, -0.15) is 8.78 Å². The van der Waals surface area contributed by atoms with Gasteiger partial charge in [0.25, 0.3) is 0 Å². The van der Waals surface area contributed by atoms with E-state index in [2.05, 4.69) is 25.6 Å². The van der Waals surface area contributed by atoms with Gasteiger partial charge in [-0.25, -0.2) is 8.42 Å². The lowest BCUT2D eigenvalue weighted by molar-refractivity contribution is 0.000987. The van der Waals surface area contributed by atoms with Crippen LogP contribution in [-0.4, -0.2) is 28.0 Å². The van der Waals surface area contributed by atoms with Crippen LogP contribution < -0.4 is 4.72 Å². The highest BCUT2D eigenvalue weighted by Crippen LogP contribution is 2.45. The molecule has 0 spiro atoms. The van der Waals surface area contributed by atoms with E-state index >= 15 is 8.78 Å². The third-order valence-electron chi connectivity index (χ3n) is 4.07. The van der Waals surface area contributed by atoms with Crippen LogP contribution in [0.15, 0.2) is 58.0 Å². The molecule has 0 saturated carbocycles. The van der Waals surface area contributed by atoms with Gasteiger partial charge in [-0.15, -0.1) is 4.72 Å². The molecule has 5 nitrogen and oxygen atoms in total. The monoisotopic (exact) mass is 494 g/mol. The number of pyridine rings is 1. The molecule has 1 aromatic carbocycles. The molecule has 1 N–H and O–H groups in total. The normalized spacial score (nSPS) is 16.4. The Hall–Kier alpha value is -1.07. The minimum absolute atomic E-state index is 0.252. The first-order chi connectivity index (χ1) is 12.7. The number of sulfone groups is 1. The molecule has 0 bridgehead atoms. The molecule has 1 heterocycles. The second-order valence-corrected chi connectivity index (χ2v) is 12.2. The molecular weight excluding hydrogens is 474 g/mol. The second kappa shape index (κ2) is 7.98. The number of nitrogens with zero attached hydrogens (tertiary/aromatic N) is 1. The predicted molar refractivity (Wildman–Crippen MR) is 109 cm³/mol. The summed E-state index contributed by atoms with van der Waals surface area (Å²) in [5.41, 5.74) is -2.81. The maximum Gasteiger partial charge on any atom is 0.377 e. The first-order valence-corrected chi connectivity index (χ1v) is 11.7. The summed E-state index contributed by atoms with van der Waals surface area (Å²) >= 11 is 1.18.